The molecule has 23 heavy (non-hydrogen) atoms. The van der Waals surface area contributed by atoms with Crippen LogP contribution in [0.25, 0.3) is 0 Å². The molecule has 126 valence electrons. The Morgan fingerprint density at radius 3 is 2.65 bits per heavy atom. The van der Waals surface area contributed by atoms with Crippen LogP contribution in [0.3, 0.4) is 0 Å². The molecule has 3 rings (SSSR count). The summed E-state index contributed by atoms with van der Waals surface area (Å²) in [5.41, 5.74) is 0.670. The molecule has 1 aromatic rings. The molecule has 0 spiro atoms. The minimum atomic E-state index is -0.0782. The van der Waals surface area contributed by atoms with E-state index < -0.39 is 0 Å². The molecule has 0 bridgehead atoms. The first kappa shape index (κ1) is 16.8. The highest BCUT2D eigenvalue weighted by atomic mass is 35.5. The maximum Gasteiger partial charge on any atom is 0.321 e. The number of hydrogen-bond donors (Lipinski definition) is 2. The number of nitrogens with zero attached hydrogens (tertiary/aromatic N) is 2. The molecule has 5 nitrogen and oxygen atoms in total. The first-order valence-corrected chi connectivity index (χ1v) is 8.81. The summed E-state index contributed by atoms with van der Waals surface area (Å²) in [5.74, 6) is 0.756. The van der Waals surface area contributed by atoms with Crippen molar-refractivity contribution in [3.05, 3.63) is 28.2 Å². The maximum atomic E-state index is 12.3. The van der Waals surface area contributed by atoms with Gasteiger partial charge in [0.25, 0.3) is 0 Å². The van der Waals surface area contributed by atoms with E-state index in [1.807, 2.05) is 4.90 Å². The van der Waals surface area contributed by atoms with Crippen molar-refractivity contribution in [3.63, 3.8) is 0 Å². The fraction of sp³-hybridized carbons (Fsp3) is 0.562. The molecular weight excluding hydrogens is 335 g/mol. The molecule has 1 unspecified atom stereocenters. The fourth-order valence-electron chi connectivity index (χ4n) is 3.15. The average molecular weight is 357 g/mol. The fourth-order valence-corrected chi connectivity index (χ4v) is 3.44. The van der Waals surface area contributed by atoms with Gasteiger partial charge in [0.05, 0.1) is 10.0 Å². The smallest absolute Gasteiger partial charge is 0.321 e. The van der Waals surface area contributed by atoms with E-state index in [1.165, 1.54) is 6.42 Å². The van der Waals surface area contributed by atoms with Crippen molar-refractivity contribution in [2.24, 2.45) is 5.92 Å². The van der Waals surface area contributed by atoms with Crippen LogP contribution in [0.1, 0.15) is 6.42 Å². The summed E-state index contributed by atoms with van der Waals surface area (Å²) in [5, 5.41) is 7.22. The molecule has 1 atom stereocenters. The van der Waals surface area contributed by atoms with Crippen molar-refractivity contribution >= 4 is 34.9 Å². The molecule has 2 amide bonds. The molecule has 0 radical (unpaired) electrons. The van der Waals surface area contributed by atoms with Gasteiger partial charge in [0.2, 0.25) is 0 Å². The van der Waals surface area contributed by atoms with Crippen LogP contribution in [0.15, 0.2) is 18.2 Å². The molecule has 2 saturated heterocycles. The van der Waals surface area contributed by atoms with Gasteiger partial charge in [0.1, 0.15) is 0 Å². The lowest BCUT2D eigenvalue weighted by molar-refractivity contribution is 0.136. The third-order valence-electron chi connectivity index (χ3n) is 4.51. The molecule has 2 N–H and O–H groups in total. The number of hydrogen-bond acceptors (Lipinski definition) is 3. The zero-order chi connectivity index (χ0) is 16.2. The summed E-state index contributed by atoms with van der Waals surface area (Å²) in [7, 11) is 0. The molecule has 2 fully saturated rings. The van der Waals surface area contributed by atoms with Gasteiger partial charge in [-0.05, 0) is 43.6 Å². The number of amides is 2. The summed E-state index contributed by atoms with van der Waals surface area (Å²) in [4.78, 5) is 16.6. The van der Waals surface area contributed by atoms with Crippen LogP contribution in [-0.4, -0.2) is 61.6 Å². The van der Waals surface area contributed by atoms with Gasteiger partial charge >= 0.3 is 6.03 Å². The summed E-state index contributed by atoms with van der Waals surface area (Å²) >= 11 is 11.9. The van der Waals surface area contributed by atoms with Crippen LogP contribution in [-0.2, 0) is 0 Å². The molecule has 1 aromatic carbocycles. The van der Waals surface area contributed by atoms with Gasteiger partial charge < -0.3 is 15.5 Å². The van der Waals surface area contributed by atoms with Crippen LogP contribution < -0.4 is 10.6 Å². The Hall–Kier alpha value is -1.01. The molecule has 2 aliphatic heterocycles. The summed E-state index contributed by atoms with van der Waals surface area (Å²) in [6.45, 7) is 6.78. The highest BCUT2D eigenvalue weighted by Gasteiger charge is 2.24. The Morgan fingerprint density at radius 1 is 1.22 bits per heavy atom. The van der Waals surface area contributed by atoms with Crippen molar-refractivity contribution in [1.29, 1.82) is 0 Å². The maximum absolute atomic E-state index is 12.3. The average Bonchev–Trinajstić information content (AvgIpc) is 3.04. The van der Waals surface area contributed by atoms with Gasteiger partial charge in [0.15, 0.2) is 0 Å². The van der Waals surface area contributed by atoms with E-state index in [9.17, 15) is 4.79 Å². The van der Waals surface area contributed by atoms with Gasteiger partial charge in [-0.2, -0.15) is 0 Å². The van der Waals surface area contributed by atoms with E-state index in [-0.39, 0.29) is 6.03 Å². The lowest BCUT2D eigenvalue weighted by Gasteiger charge is -2.35. The molecule has 0 aliphatic carbocycles. The van der Waals surface area contributed by atoms with E-state index >= 15 is 0 Å². The number of carbonyl (C=O) groups is 1. The Morgan fingerprint density at radius 2 is 2.00 bits per heavy atom. The number of nitrogens with one attached hydrogen (secondary N) is 2. The van der Waals surface area contributed by atoms with Gasteiger partial charge in [0, 0.05) is 38.4 Å². The Kier molecular flexibility index (Phi) is 5.64. The van der Waals surface area contributed by atoms with E-state index in [2.05, 4.69) is 15.5 Å². The zero-order valence-electron chi connectivity index (χ0n) is 13.0. The molecule has 2 heterocycles. The SMILES string of the molecule is O=C(Nc1ccc(Cl)c(Cl)c1)N1CCN(CC2CCNC2)CC1. The first-order valence-electron chi connectivity index (χ1n) is 8.06. The van der Waals surface area contributed by atoms with Crippen molar-refractivity contribution in [3.8, 4) is 0 Å². The van der Waals surface area contributed by atoms with Crippen LogP contribution in [0.2, 0.25) is 10.0 Å². The number of anilines is 1. The highest BCUT2D eigenvalue weighted by molar-refractivity contribution is 6.42. The number of urea groups is 1. The molecule has 0 aromatic heterocycles. The van der Waals surface area contributed by atoms with Crippen molar-refractivity contribution in [1.82, 2.24) is 15.1 Å². The van der Waals surface area contributed by atoms with Crippen LogP contribution in [0.5, 0.6) is 0 Å². The zero-order valence-corrected chi connectivity index (χ0v) is 14.5. The Balaban J connectivity index is 1.46. The quantitative estimate of drug-likeness (QED) is 0.875. The standard InChI is InChI=1S/C16H22Cl2N4O/c17-14-2-1-13(9-15(14)18)20-16(23)22-7-5-21(6-8-22)11-12-3-4-19-10-12/h1-2,9,12,19H,3-8,10-11H2,(H,20,23). The number of benzene rings is 1. The summed E-state index contributed by atoms with van der Waals surface area (Å²) < 4.78 is 0. The van der Waals surface area contributed by atoms with E-state index in [0.29, 0.717) is 15.7 Å². The van der Waals surface area contributed by atoms with Crippen molar-refractivity contribution in [2.75, 3.05) is 51.1 Å². The largest absolute Gasteiger partial charge is 0.322 e. The minimum absolute atomic E-state index is 0.0782. The van der Waals surface area contributed by atoms with Crippen LogP contribution in [0.4, 0.5) is 10.5 Å². The minimum Gasteiger partial charge on any atom is -0.322 e. The molecule has 0 saturated carbocycles. The summed E-state index contributed by atoms with van der Waals surface area (Å²) in [6.07, 6.45) is 1.26. The second kappa shape index (κ2) is 7.71. The lowest BCUT2D eigenvalue weighted by Crippen LogP contribution is -2.51. The van der Waals surface area contributed by atoms with E-state index in [0.717, 1.165) is 51.7 Å². The topological polar surface area (TPSA) is 47.6 Å². The second-order valence-corrected chi connectivity index (χ2v) is 7.02. The third kappa shape index (κ3) is 4.51. The second-order valence-electron chi connectivity index (χ2n) is 6.21. The first-order chi connectivity index (χ1) is 11.1. The van der Waals surface area contributed by atoms with Crippen LogP contribution in [0, 0.1) is 5.92 Å². The molecular formula is C16H22Cl2N4O. The van der Waals surface area contributed by atoms with Crippen LogP contribution >= 0.6 is 23.2 Å². The number of halogens is 2. The Labute approximate surface area is 146 Å². The van der Waals surface area contributed by atoms with Gasteiger partial charge in [-0.3, -0.25) is 4.90 Å². The number of piperazine rings is 1. The van der Waals surface area contributed by atoms with E-state index in [1.54, 1.807) is 18.2 Å². The normalized spacial score (nSPS) is 22.3. The Bertz CT molecular complexity index is 555. The predicted octanol–water partition coefficient (Wildman–Crippen LogP) is 2.75. The summed E-state index contributed by atoms with van der Waals surface area (Å²) in [6, 6.07) is 5.04. The van der Waals surface area contributed by atoms with Crippen molar-refractivity contribution < 1.29 is 4.79 Å². The van der Waals surface area contributed by atoms with E-state index in [4.69, 9.17) is 23.2 Å². The number of carbonyl (C=O) groups excluding carboxylic acids is 1. The monoisotopic (exact) mass is 356 g/mol. The third-order valence-corrected chi connectivity index (χ3v) is 5.25. The highest BCUT2D eigenvalue weighted by Crippen LogP contribution is 2.25. The lowest BCUT2D eigenvalue weighted by atomic mass is 10.1. The number of rotatable bonds is 3. The predicted molar refractivity (Wildman–Crippen MR) is 94.5 cm³/mol. The van der Waals surface area contributed by atoms with Gasteiger partial charge in [-0.25, -0.2) is 4.79 Å². The molecule has 7 heteroatoms. The van der Waals surface area contributed by atoms with Gasteiger partial charge in [-0.15, -0.1) is 0 Å². The van der Waals surface area contributed by atoms with Gasteiger partial charge in [-0.1, -0.05) is 23.2 Å². The van der Waals surface area contributed by atoms with Crippen molar-refractivity contribution in [2.45, 2.75) is 6.42 Å². The molecule has 2 aliphatic rings.